The van der Waals surface area contributed by atoms with Crippen LogP contribution in [0.15, 0.2) is 29.2 Å². The van der Waals surface area contributed by atoms with Crippen molar-refractivity contribution in [3.8, 4) is 0 Å². The molecule has 21 heavy (non-hydrogen) atoms. The molecule has 1 fully saturated rings. The lowest BCUT2D eigenvalue weighted by atomic mass is 9.95. The van der Waals surface area contributed by atoms with Gasteiger partial charge in [0.15, 0.2) is 4.90 Å². The van der Waals surface area contributed by atoms with Gasteiger partial charge in [0.25, 0.3) is 5.69 Å². The highest BCUT2D eigenvalue weighted by molar-refractivity contribution is 7.89. The highest BCUT2D eigenvalue weighted by Gasteiger charge is 2.35. The number of nitro groups is 1. The zero-order chi connectivity index (χ0) is 15.5. The largest absolute Gasteiger partial charge is 0.289 e. The molecule has 0 atom stereocenters. The van der Waals surface area contributed by atoms with Crippen molar-refractivity contribution in [3.05, 3.63) is 34.4 Å². The first kappa shape index (κ1) is 15.9. The molecule has 0 amide bonds. The van der Waals surface area contributed by atoms with Crippen molar-refractivity contribution in [2.75, 3.05) is 6.54 Å². The van der Waals surface area contributed by atoms with Crippen LogP contribution in [0, 0.1) is 10.1 Å². The van der Waals surface area contributed by atoms with Crippen molar-refractivity contribution in [1.82, 2.24) is 4.31 Å². The second kappa shape index (κ2) is 6.53. The van der Waals surface area contributed by atoms with Crippen molar-refractivity contribution in [2.45, 2.75) is 50.0 Å². The maximum absolute atomic E-state index is 12.8. The molecular formula is C14H20N2O4S. The average molecular weight is 312 g/mol. The van der Waals surface area contributed by atoms with E-state index < -0.39 is 14.9 Å². The lowest BCUT2D eigenvalue weighted by Crippen LogP contribution is -2.41. The summed E-state index contributed by atoms with van der Waals surface area (Å²) in [6.45, 7) is 2.11. The topological polar surface area (TPSA) is 80.5 Å². The molecule has 0 aliphatic heterocycles. The quantitative estimate of drug-likeness (QED) is 0.618. The van der Waals surface area contributed by atoms with Crippen molar-refractivity contribution in [3.63, 3.8) is 0 Å². The zero-order valence-corrected chi connectivity index (χ0v) is 12.9. The third-order valence-corrected chi connectivity index (χ3v) is 6.02. The van der Waals surface area contributed by atoms with Crippen molar-refractivity contribution >= 4 is 15.7 Å². The van der Waals surface area contributed by atoms with Crippen molar-refractivity contribution < 1.29 is 13.3 Å². The summed E-state index contributed by atoms with van der Waals surface area (Å²) in [5.74, 6) is 0. The Morgan fingerprint density at radius 1 is 1.24 bits per heavy atom. The molecule has 0 saturated heterocycles. The lowest BCUT2D eigenvalue weighted by molar-refractivity contribution is -0.387. The molecule has 7 heteroatoms. The summed E-state index contributed by atoms with van der Waals surface area (Å²) < 4.78 is 27.0. The van der Waals surface area contributed by atoms with Gasteiger partial charge in [0.1, 0.15) is 0 Å². The molecule has 6 nitrogen and oxygen atoms in total. The van der Waals surface area contributed by atoms with E-state index in [9.17, 15) is 18.5 Å². The van der Waals surface area contributed by atoms with Gasteiger partial charge in [-0.05, 0) is 18.9 Å². The average Bonchev–Trinajstić information content (AvgIpc) is 2.49. The SMILES string of the molecule is CCN(C1CCCCC1)S(=O)(=O)c1ccccc1[N+](=O)[O-]. The summed E-state index contributed by atoms with van der Waals surface area (Å²) in [4.78, 5) is 10.2. The molecule has 0 heterocycles. The number of para-hydroxylation sites is 1. The molecule has 0 aromatic heterocycles. The maximum atomic E-state index is 12.8. The molecule has 0 spiro atoms. The van der Waals surface area contributed by atoms with E-state index in [0.29, 0.717) is 6.54 Å². The zero-order valence-electron chi connectivity index (χ0n) is 12.1. The number of nitrogens with zero attached hydrogens (tertiary/aromatic N) is 2. The van der Waals surface area contributed by atoms with E-state index in [1.54, 1.807) is 6.92 Å². The Kier molecular flexibility index (Phi) is 4.95. The highest BCUT2D eigenvalue weighted by Crippen LogP contribution is 2.31. The lowest BCUT2D eigenvalue weighted by Gasteiger charge is -2.32. The number of rotatable bonds is 5. The molecule has 1 saturated carbocycles. The number of hydrogen-bond donors (Lipinski definition) is 0. The van der Waals surface area contributed by atoms with Gasteiger partial charge in [0, 0.05) is 18.7 Å². The Bertz CT molecular complexity index is 609. The van der Waals surface area contributed by atoms with Gasteiger partial charge in [-0.1, -0.05) is 38.3 Å². The van der Waals surface area contributed by atoms with Gasteiger partial charge in [-0.25, -0.2) is 8.42 Å². The number of hydrogen-bond acceptors (Lipinski definition) is 4. The Balaban J connectivity index is 2.42. The second-order valence-corrected chi connectivity index (χ2v) is 7.08. The van der Waals surface area contributed by atoms with Crippen LogP contribution >= 0.6 is 0 Å². The van der Waals surface area contributed by atoms with Crippen LogP contribution < -0.4 is 0 Å². The van der Waals surface area contributed by atoms with E-state index in [1.807, 2.05) is 0 Å². The third kappa shape index (κ3) is 3.24. The van der Waals surface area contributed by atoms with Gasteiger partial charge in [-0.15, -0.1) is 0 Å². The van der Waals surface area contributed by atoms with Crippen LogP contribution in [-0.4, -0.2) is 30.2 Å². The Morgan fingerprint density at radius 3 is 2.43 bits per heavy atom. The second-order valence-electron chi connectivity index (χ2n) is 5.23. The fourth-order valence-electron chi connectivity index (χ4n) is 2.95. The summed E-state index contributed by atoms with van der Waals surface area (Å²) in [7, 11) is -3.83. The van der Waals surface area contributed by atoms with Crippen molar-refractivity contribution in [2.24, 2.45) is 0 Å². The van der Waals surface area contributed by atoms with Gasteiger partial charge < -0.3 is 0 Å². The third-order valence-electron chi connectivity index (χ3n) is 3.94. The molecule has 1 aliphatic rings. The van der Waals surface area contributed by atoms with Gasteiger partial charge in [-0.3, -0.25) is 10.1 Å². The van der Waals surface area contributed by atoms with E-state index in [4.69, 9.17) is 0 Å². The van der Waals surface area contributed by atoms with Gasteiger partial charge in [-0.2, -0.15) is 4.31 Å². The first-order valence-corrected chi connectivity index (χ1v) is 8.67. The highest BCUT2D eigenvalue weighted by atomic mass is 32.2. The number of benzene rings is 1. The number of sulfonamides is 1. The molecule has 0 bridgehead atoms. The molecule has 2 rings (SSSR count). The summed E-state index contributed by atoms with van der Waals surface area (Å²) in [5.41, 5.74) is -0.355. The van der Waals surface area contributed by atoms with E-state index in [0.717, 1.165) is 32.1 Å². The molecule has 0 unspecified atom stereocenters. The van der Waals surface area contributed by atoms with Crippen LogP contribution in [0.5, 0.6) is 0 Å². The normalized spacial score (nSPS) is 17.0. The van der Waals surface area contributed by atoms with Crippen molar-refractivity contribution in [1.29, 1.82) is 0 Å². The fourth-order valence-corrected chi connectivity index (χ4v) is 4.80. The minimum absolute atomic E-state index is 0.0476. The van der Waals surface area contributed by atoms with Crippen LogP contribution in [0.25, 0.3) is 0 Å². The fraction of sp³-hybridized carbons (Fsp3) is 0.571. The summed E-state index contributed by atoms with van der Waals surface area (Å²) in [6.07, 6.45) is 4.79. The predicted octanol–water partition coefficient (Wildman–Crippen LogP) is 2.94. The van der Waals surface area contributed by atoms with Crippen LogP contribution in [0.3, 0.4) is 0 Å². The predicted molar refractivity (Wildman–Crippen MR) is 79.5 cm³/mol. The first-order valence-electron chi connectivity index (χ1n) is 7.23. The standard InChI is InChI=1S/C14H20N2O4S/c1-2-15(12-8-4-3-5-9-12)21(19,20)14-11-7-6-10-13(14)16(17)18/h6-7,10-12H,2-5,8-9H2,1H3. The molecule has 1 aromatic carbocycles. The number of nitro benzene ring substituents is 1. The molecule has 116 valence electrons. The van der Waals surface area contributed by atoms with E-state index in [2.05, 4.69) is 0 Å². The molecule has 0 N–H and O–H groups in total. The minimum atomic E-state index is -3.83. The van der Waals surface area contributed by atoms with Crippen LogP contribution in [-0.2, 0) is 10.0 Å². The summed E-state index contributed by atoms with van der Waals surface area (Å²) in [5, 5.41) is 11.1. The van der Waals surface area contributed by atoms with Gasteiger partial charge in [0.2, 0.25) is 10.0 Å². The molecular weight excluding hydrogens is 292 g/mol. The molecule has 0 radical (unpaired) electrons. The summed E-state index contributed by atoms with van der Waals surface area (Å²) in [6, 6.07) is 5.51. The molecule has 1 aliphatic carbocycles. The minimum Gasteiger partial charge on any atom is -0.258 e. The summed E-state index contributed by atoms with van der Waals surface area (Å²) >= 11 is 0. The Labute approximate surface area is 125 Å². The van der Waals surface area contributed by atoms with E-state index in [-0.39, 0.29) is 16.6 Å². The van der Waals surface area contributed by atoms with Crippen LogP contribution in [0.1, 0.15) is 39.0 Å². The van der Waals surface area contributed by atoms with E-state index >= 15 is 0 Å². The Hall–Kier alpha value is -1.47. The van der Waals surface area contributed by atoms with Crippen LogP contribution in [0.2, 0.25) is 0 Å². The monoisotopic (exact) mass is 312 g/mol. The van der Waals surface area contributed by atoms with Crippen LogP contribution in [0.4, 0.5) is 5.69 Å². The molecule has 1 aromatic rings. The van der Waals surface area contributed by atoms with Gasteiger partial charge >= 0.3 is 0 Å². The maximum Gasteiger partial charge on any atom is 0.289 e. The smallest absolute Gasteiger partial charge is 0.258 e. The Morgan fingerprint density at radius 2 is 1.86 bits per heavy atom. The van der Waals surface area contributed by atoms with Gasteiger partial charge in [0.05, 0.1) is 4.92 Å². The van der Waals surface area contributed by atoms with E-state index in [1.165, 1.54) is 28.6 Å². The first-order chi connectivity index (χ1) is 9.98.